The molecule has 0 saturated heterocycles. The van der Waals surface area contributed by atoms with Crippen LogP contribution in [0.2, 0.25) is 0 Å². The smallest absolute Gasteiger partial charge is 0.113 e. The molecule has 8 aromatic rings. The van der Waals surface area contributed by atoms with E-state index in [-0.39, 0.29) is 12.1 Å². The number of rotatable bonds is 9. The highest BCUT2D eigenvalue weighted by Crippen LogP contribution is 2.31. The van der Waals surface area contributed by atoms with Gasteiger partial charge in [0, 0.05) is 13.1 Å². The fourth-order valence-electron chi connectivity index (χ4n) is 5.65. The average Bonchev–Trinajstić information content (AvgIpc) is 3.83. The van der Waals surface area contributed by atoms with E-state index in [1.54, 1.807) is 0 Å². The van der Waals surface area contributed by atoms with Gasteiger partial charge in [-0.1, -0.05) is 59.0 Å². The molecule has 0 spiro atoms. The van der Waals surface area contributed by atoms with Crippen molar-refractivity contribution in [3.05, 3.63) is 97.1 Å². The Kier molecular flexibility index (Phi) is 5.87. The summed E-state index contributed by atoms with van der Waals surface area (Å²) >= 11 is 0. The summed E-state index contributed by atoms with van der Waals surface area (Å²) < 4.78 is 3.89. The molecule has 0 fully saturated rings. The maximum atomic E-state index is 4.93. The monoisotopic (exact) mass is 554 g/mol. The Balaban J connectivity index is 1.21. The van der Waals surface area contributed by atoms with Crippen LogP contribution in [0.5, 0.6) is 0 Å². The van der Waals surface area contributed by atoms with E-state index < -0.39 is 0 Å². The Hall–Kier alpha value is -5.52. The first-order chi connectivity index (χ1) is 20.8. The highest BCUT2D eigenvalue weighted by molar-refractivity contribution is 5.75. The number of nitrogens with zero attached hydrogens (tertiary/aromatic N) is 12. The van der Waals surface area contributed by atoms with E-state index in [1.807, 2.05) is 116 Å². The molecular weight excluding hydrogens is 528 g/mol. The Morgan fingerprint density at radius 1 is 0.429 bits per heavy atom. The lowest BCUT2D eigenvalue weighted by Gasteiger charge is -2.26. The highest BCUT2D eigenvalue weighted by Gasteiger charge is 2.30. The number of hydrogen-bond donors (Lipinski definition) is 0. The fourth-order valence-corrected chi connectivity index (χ4v) is 5.65. The van der Waals surface area contributed by atoms with E-state index in [1.165, 1.54) is 0 Å². The van der Waals surface area contributed by atoms with Gasteiger partial charge in [-0.05, 0) is 61.4 Å². The van der Waals surface area contributed by atoms with E-state index in [0.29, 0.717) is 25.9 Å². The van der Waals surface area contributed by atoms with Crippen molar-refractivity contribution in [3.8, 4) is 0 Å². The number of benzene rings is 4. The second-order valence-electron chi connectivity index (χ2n) is 10.3. The molecule has 0 N–H and O–H groups in total. The molecule has 2 atom stereocenters. The van der Waals surface area contributed by atoms with Crippen LogP contribution in [-0.4, -0.2) is 60.0 Å². The Labute approximate surface area is 239 Å². The molecule has 4 aromatic carbocycles. The summed E-state index contributed by atoms with van der Waals surface area (Å²) in [5.41, 5.74) is 7.08. The van der Waals surface area contributed by atoms with Crippen LogP contribution in [0.15, 0.2) is 97.1 Å². The van der Waals surface area contributed by atoms with Crippen molar-refractivity contribution in [3.63, 3.8) is 0 Å². The Bertz CT molecular complexity index is 1930. The minimum Gasteiger partial charge on any atom is -0.245 e. The van der Waals surface area contributed by atoms with Gasteiger partial charge >= 0.3 is 0 Å². The molecule has 0 aliphatic carbocycles. The van der Waals surface area contributed by atoms with Crippen molar-refractivity contribution in [2.75, 3.05) is 0 Å². The zero-order valence-electron chi connectivity index (χ0n) is 22.6. The summed E-state index contributed by atoms with van der Waals surface area (Å²) in [4.78, 5) is 3.67. The minimum atomic E-state index is -0.197. The fraction of sp³-hybridized carbons (Fsp3) is 0.200. The maximum Gasteiger partial charge on any atom is 0.113 e. The van der Waals surface area contributed by atoms with Gasteiger partial charge in [-0.3, -0.25) is 0 Å². The maximum absolute atomic E-state index is 4.93. The molecule has 0 aliphatic heterocycles. The van der Waals surface area contributed by atoms with Gasteiger partial charge in [-0.25, -0.2) is 9.36 Å². The van der Waals surface area contributed by atoms with Crippen LogP contribution in [0.1, 0.15) is 24.9 Å². The predicted octanol–water partition coefficient (Wildman–Crippen LogP) is 4.63. The van der Waals surface area contributed by atoms with E-state index in [4.69, 9.17) is 20.4 Å². The van der Waals surface area contributed by atoms with Gasteiger partial charge in [0.2, 0.25) is 0 Å². The number of hydrogen-bond acceptors (Lipinski definition) is 8. The number of fused-ring (bicyclic) bond motifs is 4. The first kappa shape index (κ1) is 24.3. The minimum absolute atomic E-state index is 0.197. The van der Waals surface area contributed by atoms with Crippen LogP contribution >= 0.6 is 0 Å². The quantitative estimate of drug-likeness (QED) is 0.253. The van der Waals surface area contributed by atoms with Crippen LogP contribution in [0.3, 0.4) is 0 Å². The third-order valence-corrected chi connectivity index (χ3v) is 7.76. The zero-order chi connectivity index (χ0) is 27.9. The molecule has 4 aromatic heterocycles. The van der Waals surface area contributed by atoms with E-state index in [2.05, 4.69) is 20.6 Å². The molecule has 0 saturated carbocycles. The summed E-state index contributed by atoms with van der Waals surface area (Å²) in [5, 5.41) is 37.3. The van der Waals surface area contributed by atoms with Gasteiger partial charge < -0.3 is 0 Å². The van der Waals surface area contributed by atoms with E-state index in [9.17, 15) is 0 Å². The van der Waals surface area contributed by atoms with Crippen LogP contribution in [0, 0.1) is 0 Å². The average molecular weight is 555 g/mol. The summed E-state index contributed by atoms with van der Waals surface area (Å²) in [6.07, 6.45) is 1.35. The van der Waals surface area contributed by atoms with Crippen molar-refractivity contribution in [2.24, 2.45) is 0 Å². The van der Waals surface area contributed by atoms with Crippen LogP contribution in [0.25, 0.3) is 44.1 Å². The van der Waals surface area contributed by atoms with Crippen molar-refractivity contribution >= 4 is 44.1 Å². The number of para-hydroxylation sites is 2. The van der Waals surface area contributed by atoms with Gasteiger partial charge in [0.1, 0.15) is 33.1 Å². The first-order valence-corrected chi connectivity index (χ1v) is 14.0. The summed E-state index contributed by atoms with van der Waals surface area (Å²) in [6, 6.07) is 31.4. The summed E-state index contributed by atoms with van der Waals surface area (Å²) in [5.74, 6) is 0. The first-order valence-electron chi connectivity index (χ1n) is 14.0. The standard InChI is InChI=1S/C30H26N12/c1-2-10-22-21(9-1)33-41(34-22)29(17-19-39-27-15-7-5-13-25(27)31-37-39)30(42-35-23-11-3-4-12-24(23)36-42)18-20-40-28-16-8-6-14-26(28)32-38-40/h1-16,29-30H,17-20H2. The molecule has 12 nitrogen and oxygen atoms in total. The van der Waals surface area contributed by atoms with Crippen molar-refractivity contribution in [1.29, 1.82) is 0 Å². The van der Waals surface area contributed by atoms with Gasteiger partial charge in [0.25, 0.3) is 0 Å². The van der Waals surface area contributed by atoms with Crippen LogP contribution in [0.4, 0.5) is 0 Å². The topological polar surface area (TPSA) is 123 Å². The molecule has 0 amide bonds. The van der Waals surface area contributed by atoms with Crippen molar-refractivity contribution in [1.82, 2.24) is 60.0 Å². The SMILES string of the molecule is c1ccc2nn(C(CCn3nnc4ccccc43)C(CCn3nnc4ccccc43)n3nc4ccccc4n3)nc2c1. The van der Waals surface area contributed by atoms with E-state index in [0.717, 1.165) is 44.1 Å². The molecular formula is C30H26N12. The van der Waals surface area contributed by atoms with Gasteiger partial charge in [0.15, 0.2) is 0 Å². The third kappa shape index (κ3) is 4.33. The van der Waals surface area contributed by atoms with Gasteiger partial charge in [-0.15, -0.1) is 10.2 Å². The predicted molar refractivity (Wildman–Crippen MR) is 157 cm³/mol. The molecule has 4 heterocycles. The second kappa shape index (κ2) is 10.1. The van der Waals surface area contributed by atoms with Crippen LogP contribution in [-0.2, 0) is 13.1 Å². The van der Waals surface area contributed by atoms with Crippen molar-refractivity contribution in [2.45, 2.75) is 38.0 Å². The molecule has 12 heteroatoms. The summed E-state index contributed by atoms with van der Waals surface area (Å²) in [7, 11) is 0. The summed E-state index contributed by atoms with van der Waals surface area (Å²) in [6.45, 7) is 1.24. The Morgan fingerprint density at radius 2 is 0.762 bits per heavy atom. The van der Waals surface area contributed by atoms with E-state index >= 15 is 0 Å². The van der Waals surface area contributed by atoms with Crippen LogP contribution < -0.4 is 0 Å². The molecule has 0 aliphatic rings. The third-order valence-electron chi connectivity index (χ3n) is 7.76. The molecule has 8 rings (SSSR count). The molecule has 0 radical (unpaired) electrons. The Morgan fingerprint density at radius 3 is 1.14 bits per heavy atom. The molecule has 0 bridgehead atoms. The molecule has 2 unspecified atom stereocenters. The zero-order valence-corrected chi connectivity index (χ0v) is 22.6. The number of aryl methyl sites for hydroxylation is 2. The lowest BCUT2D eigenvalue weighted by molar-refractivity contribution is 0.204. The van der Waals surface area contributed by atoms with Gasteiger partial charge in [-0.2, -0.15) is 30.0 Å². The van der Waals surface area contributed by atoms with Gasteiger partial charge in [0.05, 0.1) is 23.1 Å². The number of aromatic nitrogens is 12. The second-order valence-corrected chi connectivity index (χ2v) is 10.3. The molecule has 42 heavy (non-hydrogen) atoms. The van der Waals surface area contributed by atoms with Crippen molar-refractivity contribution < 1.29 is 0 Å². The normalized spacial score (nSPS) is 13.4. The lowest BCUT2D eigenvalue weighted by Crippen LogP contribution is -2.29. The largest absolute Gasteiger partial charge is 0.245 e. The molecule has 206 valence electrons. The highest BCUT2D eigenvalue weighted by atomic mass is 15.5. The lowest BCUT2D eigenvalue weighted by atomic mass is 10.0.